The van der Waals surface area contributed by atoms with Crippen LogP contribution in [0, 0.1) is 6.92 Å². The monoisotopic (exact) mass is 232 g/mol. The molecule has 0 aliphatic heterocycles. The lowest BCUT2D eigenvalue weighted by Crippen LogP contribution is -2.08. The van der Waals surface area contributed by atoms with E-state index in [-0.39, 0.29) is 12.6 Å². The molecule has 0 saturated carbocycles. The maximum Gasteiger partial charge on any atom is 0.315 e. The van der Waals surface area contributed by atoms with E-state index in [1.807, 2.05) is 12.1 Å². The molecule has 1 heterocycles. The molecule has 90 valence electrons. The highest BCUT2D eigenvalue weighted by Crippen LogP contribution is 2.20. The van der Waals surface area contributed by atoms with Gasteiger partial charge in [0.05, 0.1) is 12.6 Å². The predicted molar refractivity (Wildman–Crippen MR) is 65.4 cm³/mol. The van der Waals surface area contributed by atoms with Crippen LogP contribution in [0.5, 0.6) is 0 Å². The highest BCUT2D eigenvalue weighted by Gasteiger charge is 2.11. The molecule has 1 unspecified atom stereocenters. The van der Waals surface area contributed by atoms with Crippen molar-refractivity contribution in [3.63, 3.8) is 0 Å². The van der Waals surface area contributed by atoms with E-state index >= 15 is 0 Å². The second kappa shape index (κ2) is 4.97. The van der Waals surface area contributed by atoms with Crippen LogP contribution < -0.4 is 11.1 Å². The van der Waals surface area contributed by atoms with Gasteiger partial charge in [-0.1, -0.05) is 29.4 Å². The minimum absolute atomic E-state index is 0.113. The van der Waals surface area contributed by atoms with Crippen LogP contribution in [0.4, 0.5) is 6.01 Å². The average molecular weight is 232 g/mol. The van der Waals surface area contributed by atoms with Crippen LogP contribution in [0.15, 0.2) is 28.7 Å². The Balaban J connectivity index is 2.11. The molecular formula is C12H16N4O. The largest absolute Gasteiger partial charge is 0.407 e. The van der Waals surface area contributed by atoms with Gasteiger partial charge in [0.15, 0.2) is 0 Å². The lowest BCUT2D eigenvalue weighted by atomic mass is 10.0. The first-order valence-corrected chi connectivity index (χ1v) is 5.55. The lowest BCUT2D eigenvalue weighted by molar-refractivity contribution is 0.503. The first kappa shape index (κ1) is 11.6. The smallest absolute Gasteiger partial charge is 0.315 e. The van der Waals surface area contributed by atoms with Crippen LogP contribution >= 0.6 is 0 Å². The summed E-state index contributed by atoms with van der Waals surface area (Å²) in [6.45, 7) is 4.38. The Morgan fingerprint density at radius 1 is 1.35 bits per heavy atom. The highest BCUT2D eigenvalue weighted by molar-refractivity contribution is 5.33. The number of rotatable bonds is 4. The highest BCUT2D eigenvalue weighted by atomic mass is 16.4. The molecule has 2 rings (SSSR count). The van der Waals surface area contributed by atoms with Gasteiger partial charge >= 0.3 is 6.01 Å². The normalized spacial score (nSPS) is 12.4. The Labute approximate surface area is 100 Å². The van der Waals surface area contributed by atoms with Gasteiger partial charge in [0.1, 0.15) is 0 Å². The van der Waals surface area contributed by atoms with Gasteiger partial charge in [0.25, 0.3) is 0 Å². The summed E-state index contributed by atoms with van der Waals surface area (Å²) in [5.41, 5.74) is 7.84. The third-order valence-electron chi connectivity index (χ3n) is 2.64. The summed E-state index contributed by atoms with van der Waals surface area (Å²) in [7, 11) is 0. The number of nitrogens with one attached hydrogen (secondary N) is 1. The minimum atomic E-state index is 0.113. The number of anilines is 1. The molecular weight excluding hydrogens is 216 g/mol. The van der Waals surface area contributed by atoms with E-state index in [9.17, 15) is 0 Å². The van der Waals surface area contributed by atoms with Crippen LogP contribution in [-0.2, 0) is 6.54 Å². The predicted octanol–water partition coefficient (Wildman–Crippen LogP) is 2.01. The fourth-order valence-electron chi connectivity index (χ4n) is 1.73. The van der Waals surface area contributed by atoms with Crippen molar-refractivity contribution in [2.45, 2.75) is 26.4 Å². The van der Waals surface area contributed by atoms with Crippen LogP contribution in [0.2, 0.25) is 0 Å². The molecule has 1 atom stereocenters. The molecule has 5 nitrogen and oxygen atoms in total. The molecule has 0 saturated heterocycles. The number of aromatic nitrogens is 2. The molecule has 0 amide bonds. The third kappa shape index (κ3) is 2.62. The Morgan fingerprint density at radius 2 is 2.12 bits per heavy atom. The number of aryl methyl sites for hydroxylation is 1. The van der Waals surface area contributed by atoms with Gasteiger partial charge < -0.3 is 15.5 Å². The standard InChI is InChI=1S/C12H16N4O/c1-8-5-3-4-6-10(8)9(2)14-12-16-15-11(7-13)17-12/h3-6,9H,7,13H2,1-2H3,(H,14,16). The van der Waals surface area contributed by atoms with Crippen LogP contribution in [0.25, 0.3) is 0 Å². The zero-order chi connectivity index (χ0) is 12.3. The van der Waals surface area contributed by atoms with Crippen molar-refractivity contribution in [2.24, 2.45) is 5.73 Å². The fourth-order valence-corrected chi connectivity index (χ4v) is 1.73. The molecule has 1 aromatic heterocycles. The van der Waals surface area contributed by atoms with Crippen LogP contribution in [-0.4, -0.2) is 10.2 Å². The van der Waals surface area contributed by atoms with E-state index in [2.05, 4.69) is 41.5 Å². The maximum atomic E-state index is 5.41. The molecule has 17 heavy (non-hydrogen) atoms. The molecule has 0 fully saturated rings. The number of nitrogens with two attached hydrogens (primary N) is 1. The second-order valence-corrected chi connectivity index (χ2v) is 3.93. The molecule has 0 aliphatic rings. The van der Waals surface area contributed by atoms with Crippen molar-refractivity contribution in [1.29, 1.82) is 0 Å². The van der Waals surface area contributed by atoms with Gasteiger partial charge in [-0.2, -0.15) is 0 Å². The number of benzene rings is 1. The first-order chi connectivity index (χ1) is 8.20. The Hall–Kier alpha value is -1.88. The zero-order valence-electron chi connectivity index (χ0n) is 9.97. The topological polar surface area (TPSA) is 77.0 Å². The number of hydrogen-bond acceptors (Lipinski definition) is 5. The minimum Gasteiger partial charge on any atom is -0.407 e. The van der Waals surface area contributed by atoms with Gasteiger partial charge in [0, 0.05) is 0 Å². The second-order valence-electron chi connectivity index (χ2n) is 3.93. The summed E-state index contributed by atoms with van der Waals surface area (Å²) >= 11 is 0. The third-order valence-corrected chi connectivity index (χ3v) is 2.64. The molecule has 5 heteroatoms. The SMILES string of the molecule is Cc1ccccc1C(C)Nc1nnc(CN)o1. The number of hydrogen-bond donors (Lipinski definition) is 2. The summed E-state index contributed by atoms with van der Waals surface area (Å²) in [4.78, 5) is 0. The van der Waals surface area contributed by atoms with E-state index in [1.54, 1.807) is 0 Å². The van der Waals surface area contributed by atoms with Gasteiger partial charge in [-0.15, -0.1) is 5.10 Å². The van der Waals surface area contributed by atoms with Crippen molar-refractivity contribution < 1.29 is 4.42 Å². The van der Waals surface area contributed by atoms with Gasteiger partial charge in [-0.3, -0.25) is 0 Å². The molecule has 3 N–H and O–H groups in total. The summed E-state index contributed by atoms with van der Waals surface area (Å²) in [6.07, 6.45) is 0. The van der Waals surface area contributed by atoms with Crippen molar-refractivity contribution >= 4 is 6.01 Å². The molecule has 0 radical (unpaired) electrons. The van der Waals surface area contributed by atoms with Gasteiger partial charge in [-0.05, 0) is 25.0 Å². The summed E-state index contributed by atoms with van der Waals surface area (Å²) in [6, 6.07) is 8.70. The molecule has 0 bridgehead atoms. The molecule has 1 aromatic carbocycles. The Morgan fingerprint density at radius 3 is 2.76 bits per heavy atom. The molecule has 2 aromatic rings. The quantitative estimate of drug-likeness (QED) is 0.843. The summed E-state index contributed by atoms with van der Waals surface area (Å²) < 4.78 is 5.31. The first-order valence-electron chi connectivity index (χ1n) is 5.55. The average Bonchev–Trinajstić information content (AvgIpc) is 2.77. The van der Waals surface area contributed by atoms with Crippen molar-refractivity contribution in [1.82, 2.24) is 10.2 Å². The maximum absolute atomic E-state index is 5.41. The summed E-state index contributed by atoms with van der Waals surface area (Å²) in [5, 5.41) is 10.8. The molecule has 0 aliphatic carbocycles. The van der Waals surface area contributed by atoms with E-state index < -0.39 is 0 Å². The van der Waals surface area contributed by atoms with Crippen molar-refractivity contribution in [2.75, 3.05) is 5.32 Å². The fraction of sp³-hybridized carbons (Fsp3) is 0.333. The Kier molecular flexibility index (Phi) is 3.39. The van der Waals surface area contributed by atoms with Crippen LogP contribution in [0.1, 0.15) is 30.0 Å². The van der Waals surface area contributed by atoms with Gasteiger partial charge in [0.2, 0.25) is 5.89 Å². The zero-order valence-corrected chi connectivity index (χ0v) is 9.97. The van der Waals surface area contributed by atoms with Crippen LogP contribution in [0.3, 0.4) is 0 Å². The van der Waals surface area contributed by atoms with Crippen molar-refractivity contribution in [3.8, 4) is 0 Å². The summed E-state index contributed by atoms with van der Waals surface area (Å²) in [5.74, 6) is 0.435. The van der Waals surface area contributed by atoms with E-state index in [1.165, 1.54) is 11.1 Å². The van der Waals surface area contributed by atoms with Crippen molar-refractivity contribution in [3.05, 3.63) is 41.3 Å². The van der Waals surface area contributed by atoms with E-state index in [4.69, 9.17) is 10.2 Å². The van der Waals surface area contributed by atoms with E-state index in [0.29, 0.717) is 11.9 Å². The van der Waals surface area contributed by atoms with Gasteiger partial charge in [-0.25, -0.2) is 0 Å². The van der Waals surface area contributed by atoms with E-state index in [0.717, 1.165) is 0 Å². The molecule has 0 spiro atoms. The lowest BCUT2D eigenvalue weighted by Gasteiger charge is -2.14. The Bertz CT molecular complexity index is 495. The number of nitrogens with zero attached hydrogens (tertiary/aromatic N) is 2.